The molecular formula is C14H14FNO3. The van der Waals surface area contributed by atoms with Crippen molar-refractivity contribution in [1.29, 1.82) is 0 Å². The van der Waals surface area contributed by atoms with Gasteiger partial charge in [-0.05, 0) is 37.8 Å². The van der Waals surface area contributed by atoms with E-state index in [1.165, 1.54) is 10.6 Å². The average Bonchev–Trinajstić information content (AvgIpc) is 2.27. The zero-order valence-electron chi connectivity index (χ0n) is 11.0. The van der Waals surface area contributed by atoms with Gasteiger partial charge < -0.3 is 4.42 Å². The summed E-state index contributed by atoms with van der Waals surface area (Å²) in [5.74, 6) is -0.359. The predicted octanol–water partition coefficient (Wildman–Crippen LogP) is 2.34. The van der Waals surface area contributed by atoms with Crippen molar-refractivity contribution in [1.82, 2.24) is 4.57 Å². The van der Waals surface area contributed by atoms with Crippen LogP contribution >= 0.6 is 0 Å². The van der Waals surface area contributed by atoms with E-state index in [9.17, 15) is 14.0 Å². The van der Waals surface area contributed by atoms with Crippen molar-refractivity contribution >= 4 is 11.1 Å². The molecule has 0 saturated heterocycles. The van der Waals surface area contributed by atoms with E-state index in [1.807, 2.05) is 20.8 Å². The molecule has 1 aliphatic heterocycles. The maximum atomic E-state index is 13.6. The largest absolute Gasteiger partial charge is 0.417 e. The van der Waals surface area contributed by atoms with Crippen molar-refractivity contribution in [3.63, 3.8) is 0 Å². The lowest BCUT2D eigenvalue weighted by molar-refractivity contribution is 0.283. The van der Waals surface area contributed by atoms with Gasteiger partial charge in [0.25, 0.3) is 0 Å². The van der Waals surface area contributed by atoms with E-state index in [0.717, 1.165) is 11.6 Å². The molecule has 0 radical (unpaired) electrons. The molecule has 19 heavy (non-hydrogen) atoms. The molecule has 1 aromatic heterocycles. The van der Waals surface area contributed by atoms with Crippen molar-refractivity contribution in [2.45, 2.75) is 38.6 Å². The average molecular weight is 263 g/mol. The molecule has 1 aliphatic rings. The van der Waals surface area contributed by atoms with E-state index >= 15 is 0 Å². The van der Waals surface area contributed by atoms with Crippen LogP contribution in [0.25, 0.3) is 11.1 Å². The van der Waals surface area contributed by atoms with E-state index in [0.29, 0.717) is 11.9 Å². The second-order valence-corrected chi connectivity index (χ2v) is 5.79. The van der Waals surface area contributed by atoms with Gasteiger partial charge in [0.15, 0.2) is 5.58 Å². The highest BCUT2D eigenvalue weighted by atomic mass is 19.1. The summed E-state index contributed by atoms with van der Waals surface area (Å²) in [6.07, 6.45) is 0.669. The summed E-state index contributed by atoms with van der Waals surface area (Å²) in [6.45, 7) is 5.78. The van der Waals surface area contributed by atoms with Crippen molar-refractivity contribution in [3.8, 4) is 0 Å². The maximum absolute atomic E-state index is 13.6. The lowest BCUT2D eigenvalue weighted by Gasteiger charge is -2.36. The Kier molecular flexibility index (Phi) is 2.27. The second kappa shape index (κ2) is 3.56. The van der Waals surface area contributed by atoms with E-state index in [2.05, 4.69) is 0 Å². The van der Waals surface area contributed by atoms with Gasteiger partial charge in [-0.3, -0.25) is 9.36 Å². The minimum absolute atomic E-state index is 0.0975. The van der Waals surface area contributed by atoms with Crippen molar-refractivity contribution in [2.24, 2.45) is 0 Å². The van der Waals surface area contributed by atoms with Gasteiger partial charge in [0.2, 0.25) is 0 Å². The summed E-state index contributed by atoms with van der Waals surface area (Å²) in [6, 6.07) is 2.57. The third-order valence-corrected chi connectivity index (χ3v) is 3.82. The Hall–Kier alpha value is -1.91. The number of hydrogen-bond donors (Lipinski definition) is 0. The molecule has 100 valence electrons. The van der Waals surface area contributed by atoms with Gasteiger partial charge in [0, 0.05) is 11.6 Å². The van der Waals surface area contributed by atoms with Crippen LogP contribution in [0.15, 0.2) is 26.1 Å². The quantitative estimate of drug-likeness (QED) is 0.685. The van der Waals surface area contributed by atoms with Crippen LogP contribution in [0.3, 0.4) is 0 Å². The van der Waals surface area contributed by atoms with Crippen LogP contribution in [0.4, 0.5) is 4.39 Å². The Morgan fingerprint density at radius 3 is 2.74 bits per heavy atom. The van der Waals surface area contributed by atoms with Crippen molar-refractivity contribution < 1.29 is 8.81 Å². The summed E-state index contributed by atoms with van der Waals surface area (Å²) >= 11 is 0. The number of aromatic nitrogens is 1. The molecule has 2 heterocycles. The van der Waals surface area contributed by atoms with E-state index in [4.69, 9.17) is 4.42 Å². The minimum atomic E-state index is -0.952. The van der Waals surface area contributed by atoms with Crippen LogP contribution in [0, 0.1) is 5.82 Å². The fourth-order valence-electron chi connectivity index (χ4n) is 3.15. The first-order valence-electron chi connectivity index (χ1n) is 6.21. The molecule has 0 fully saturated rings. The first kappa shape index (κ1) is 12.1. The highest BCUT2D eigenvalue weighted by molar-refractivity contribution is 5.78. The zero-order chi connectivity index (χ0) is 13.9. The summed E-state index contributed by atoms with van der Waals surface area (Å²) in [7, 11) is 0. The topological polar surface area (TPSA) is 52.2 Å². The number of halogens is 1. The van der Waals surface area contributed by atoms with Gasteiger partial charge in [0.05, 0.1) is 5.52 Å². The standard InChI is InChI=1S/C14H14FNO3/c1-7-6-14(2,3)16-11-9(7)4-8(15)5-10(11)19-13(18)12(16)17/h4-5,7H,6H2,1-3H3. The van der Waals surface area contributed by atoms with E-state index < -0.39 is 22.5 Å². The number of benzene rings is 1. The normalized spacial score (nSPS) is 20.7. The smallest absolute Gasteiger partial charge is 0.402 e. The molecule has 1 atom stereocenters. The first-order chi connectivity index (χ1) is 8.81. The van der Waals surface area contributed by atoms with E-state index in [-0.39, 0.29) is 11.5 Å². The molecular weight excluding hydrogens is 249 g/mol. The summed E-state index contributed by atoms with van der Waals surface area (Å²) in [5, 5.41) is 0. The number of rotatable bonds is 0. The lowest BCUT2D eigenvalue weighted by Crippen LogP contribution is -2.46. The molecule has 0 N–H and O–H groups in total. The molecule has 0 spiro atoms. The van der Waals surface area contributed by atoms with Crippen LogP contribution in [-0.2, 0) is 5.54 Å². The van der Waals surface area contributed by atoms with Gasteiger partial charge in [-0.15, -0.1) is 0 Å². The zero-order valence-corrected chi connectivity index (χ0v) is 11.0. The number of hydrogen-bond acceptors (Lipinski definition) is 3. The molecule has 0 aliphatic carbocycles. The molecule has 4 nitrogen and oxygen atoms in total. The highest BCUT2D eigenvalue weighted by Gasteiger charge is 2.34. The van der Waals surface area contributed by atoms with Gasteiger partial charge in [-0.1, -0.05) is 6.92 Å². The Morgan fingerprint density at radius 1 is 1.37 bits per heavy atom. The minimum Gasteiger partial charge on any atom is -0.417 e. The lowest BCUT2D eigenvalue weighted by atomic mass is 9.82. The predicted molar refractivity (Wildman–Crippen MR) is 69.1 cm³/mol. The Bertz CT molecular complexity index is 801. The van der Waals surface area contributed by atoms with Gasteiger partial charge in [-0.2, -0.15) is 0 Å². The Labute approximate surface area is 108 Å². The van der Waals surface area contributed by atoms with Crippen LogP contribution in [0.1, 0.15) is 38.7 Å². The molecule has 0 amide bonds. The monoisotopic (exact) mass is 263 g/mol. The third-order valence-electron chi connectivity index (χ3n) is 3.82. The maximum Gasteiger partial charge on any atom is 0.402 e. The summed E-state index contributed by atoms with van der Waals surface area (Å²) < 4.78 is 20.0. The molecule has 0 bridgehead atoms. The highest BCUT2D eigenvalue weighted by Crippen LogP contribution is 2.39. The van der Waals surface area contributed by atoms with Crippen LogP contribution in [0.5, 0.6) is 0 Å². The fraction of sp³-hybridized carbons (Fsp3) is 0.429. The molecule has 0 saturated carbocycles. The molecule has 5 heteroatoms. The SMILES string of the molecule is CC1CC(C)(C)n2c(=O)c(=O)oc3cc(F)cc1c32. The Morgan fingerprint density at radius 2 is 2.05 bits per heavy atom. The summed E-state index contributed by atoms with van der Waals surface area (Å²) in [5.41, 5.74) is -0.733. The molecule has 1 aromatic carbocycles. The van der Waals surface area contributed by atoms with Crippen LogP contribution in [0.2, 0.25) is 0 Å². The fourth-order valence-corrected chi connectivity index (χ4v) is 3.15. The first-order valence-corrected chi connectivity index (χ1v) is 6.21. The molecule has 3 rings (SSSR count). The van der Waals surface area contributed by atoms with E-state index in [1.54, 1.807) is 0 Å². The van der Waals surface area contributed by atoms with Crippen LogP contribution in [-0.4, -0.2) is 4.57 Å². The third kappa shape index (κ3) is 1.57. The van der Waals surface area contributed by atoms with Crippen LogP contribution < -0.4 is 11.2 Å². The Balaban J connectivity index is 2.64. The second-order valence-electron chi connectivity index (χ2n) is 5.79. The number of nitrogens with zero attached hydrogens (tertiary/aromatic N) is 1. The van der Waals surface area contributed by atoms with Gasteiger partial charge >= 0.3 is 11.2 Å². The van der Waals surface area contributed by atoms with Crippen molar-refractivity contribution in [3.05, 3.63) is 44.3 Å². The van der Waals surface area contributed by atoms with Crippen molar-refractivity contribution in [2.75, 3.05) is 0 Å². The molecule has 2 aromatic rings. The summed E-state index contributed by atoms with van der Waals surface area (Å²) in [4.78, 5) is 23.7. The molecule has 1 unspecified atom stereocenters. The van der Waals surface area contributed by atoms with Gasteiger partial charge in [-0.25, -0.2) is 9.18 Å². The van der Waals surface area contributed by atoms with Gasteiger partial charge in [0.1, 0.15) is 5.82 Å².